The molecule has 19 heteroatoms. The summed E-state index contributed by atoms with van der Waals surface area (Å²) in [6.07, 6.45) is 52.7. The summed E-state index contributed by atoms with van der Waals surface area (Å²) in [7, 11) is -9.91. The largest absolute Gasteiger partial charge is 0.472 e. The lowest BCUT2D eigenvalue weighted by molar-refractivity contribution is -0.161. The number of hydrogen-bond donors (Lipinski definition) is 3. The number of esters is 4. The van der Waals surface area contributed by atoms with Crippen molar-refractivity contribution in [1.82, 2.24) is 0 Å². The molecule has 0 rings (SSSR count). The highest BCUT2D eigenvalue weighted by Gasteiger charge is 2.30. The third kappa shape index (κ3) is 65.8. The smallest absolute Gasteiger partial charge is 0.462 e. The molecule has 0 aliphatic rings. The molecule has 93 heavy (non-hydrogen) atoms. The standard InChI is InChI=1S/C74H144O17P2/c1-7-11-13-15-17-19-21-22-23-24-25-26-27-28-29-35-39-46-52-58-73(78)90-69(62-84-72(77)57-51-45-38-34-31-30-32-36-42-48-54-66(5)9-3)64-88-92(80,81)86-60-68(75)61-87-93(82,83)89-65-70(91-74(79)59-53-47-41-40-43-49-55-67(6)10-4)63-85-71(76)56-50-44-37-33-20-18-16-14-12-8-2/h66-70,75H,7-65H2,1-6H3,(H,80,81)(H,82,83)/t66?,67?,68-,69-,70-/m1/s1. The van der Waals surface area contributed by atoms with E-state index in [1.165, 1.54) is 199 Å². The zero-order chi connectivity index (χ0) is 68.6. The van der Waals surface area contributed by atoms with Gasteiger partial charge in [0.25, 0.3) is 0 Å². The lowest BCUT2D eigenvalue weighted by atomic mass is 9.99. The van der Waals surface area contributed by atoms with E-state index in [1.54, 1.807) is 0 Å². The number of hydrogen-bond acceptors (Lipinski definition) is 15. The fraction of sp³-hybridized carbons (Fsp3) is 0.946. The van der Waals surface area contributed by atoms with Crippen molar-refractivity contribution in [2.75, 3.05) is 39.6 Å². The van der Waals surface area contributed by atoms with Crippen molar-refractivity contribution >= 4 is 39.5 Å². The summed E-state index contributed by atoms with van der Waals surface area (Å²) in [4.78, 5) is 72.7. The van der Waals surface area contributed by atoms with Crippen molar-refractivity contribution in [3.05, 3.63) is 0 Å². The van der Waals surface area contributed by atoms with Gasteiger partial charge in [-0.25, -0.2) is 9.13 Å². The van der Waals surface area contributed by atoms with Crippen molar-refractivity contribution in [2.45, 2.75) is 400 Å². The highest BCUT2D eigenvalue weighted by Crippen LogP contribution is 2.45. The minimum Gasteiger partial charge on any atom is -0.462 e. The van der Waals surface area contributed by atoms with Gasteiger partial charge in [-0.2, -0.15) is 0 Å². The molecule has 0 aromatic carbocycles. The predicted octanol–water partition coefficient (Wildman–Crippen LogP) is 21.6. The Kier molecular flexibility index (Phi) is 64.6. The van der Waals surface area contributed by atoms with E-state index in [9.17, 15) is 43.2 Å². The van der Waals surface area contributed by atoms with Crippen LogP contribution in [0.3, 0.4) is 0 Å². The Balaban J connectivity index is 5.22. The molecule has 3 N–H and O–H groups in total. The van der Waals surface area contributed by atoms with Gasteiger partial charge >= 0.3 is 39.5 Å². The number of rotatable bonds is 73. The maximum Gasteiger partial charge on any atom is 0.472 e. The number of carbonyl (C=O) groups excluding carboxylic acids is 4. The fourth-order valence-electron chi connectivity index (χ4n) is 11.2. The summed E-state index contributed by atoms with van der Waals surface area (Å²) < 4.78 is 68.4. The zero-order valence-electron chi connectivity index (χ0n) is 60.6. The zero-order valence-corrected chi connectivity index (χ0v) is 62.3. The minimum atomic E-state index is -4.96. The van der Waals surface area contributed by atoms with Gasteiger partial charge in [0.05, 0.1) is 26.4 Å². The van der Waals surface area contributed by atoms with Crippen LogP contribution in [0.2, 0.25) is 0 Å². The van der Waals surface area contributed by atoms with Crippen LogP contribution in [-0.4, -0.2) is 96.7 Å². The molecule has 0 saturated heterocycles. The molecule has 4 unspecified atom stereocenters. The topological polar surface area (TPSA) is 237 Å². The number of phosphoric acid groups is 2. The Morgan fingerprint density at radius 2 is 0.516 bits per heavy atom. The molecule has 0 saturated carbocycles. The first-order chi connectivity index (χ1) is 44.9. The van der Waals surface area contributed by atoms with Gasteiger partial charge in [-0.05, 0) is 37.5 Å². The molecule has 0 aliphatic carbocycles. The van der Waals surface area contributed by atoms with Crippen molar-refractivity contribution in [2.24, 2.45) is 11.8 Å². The molecular weight excluding hydrogens is 1220 g/mol. The van der Waals surface area contributed by atoms with Crippen LogP contribution in [-0.2, 0) is 65.4 Å². The number of ether oxygens (including phenoxy) is 4. The molecule has 0 aliphatic heterocycles. The Morgan fingerprint density at radius 3 is 0.763 bits per heavy atom. The van der Waals surface area contributed by atoms with Gasteiger partial charge in [0, 0.05) is 25.7 Å². The highest BCUT2D eigenvalue weighted by atomic mass is 31.2. The first-order valence-electron chi connectivity index (χ1n) is 38.6. The molecule has 0 aromatic rings. The van der Waals surface area contributed by atoms with Crippen LogP contribution in [0, 0.1) is 11.8 Å². The molecular formula is C74H144O17P2. The Hall–Kier alpha value is -1.94. The van der Waals surface area contributed by atoms with Crippen molar-refractivity contribution in [3.63, 3.8) is 0 Å². The second kappa shape index (κ2) is 66.0. The van der Waals surface area contributed by atoms with Crippen molar-refractivity contribution in [3.8, 4) is 0 Å². The van der Waals surface area contributed by atoms with Crippen LogP contribution in [0.15, 0.2) is 0 Å². The van der Waals surface area contributed by atoms with Crippen LogP contribution in [0.25, 0.3) is 0 Å². The van der Waals surface area contributed by atoms with Gasteiger partial charge in [0.1, 0.15) is 19.3 Å². The normalized spacial score (nSPS) is 14.6. The first kappa shape index (κ1) is 91.1. The summed E-state index contributed by atoms with van der Waals surface area (Å²) in [5.74, 6) is -0.592. The Labute approximate surface area is 568 Å². The van der Waals surface area contributed by atoms with E-state index in [4.69, 9.17) is 37.0 Å². The summed E-state index contributed by atoms with van der Waals surface area (Å²) in [6.45, 7) is 9.55. The minimum absolute atomic E-state index is 0.103. The number of carbonyl (C=O) groups is 4. The van der Waals surface area contributed by atoms with Gasteiger partial charge < -0.3 is 33.8 Å². The summed E-state index contributed by atoms with van der Waals surface area (Å²) >= 11 is 0. The third-order valence-electron chi connectivity index (χ3n) is 17.9. The van der Waals surface area contributed by atoms with Crippen molar-refractivity contribution in [1.29, 1.82) is 0 Å². The molecule has 0 aromatic heterocycles. The molecule has 0 spiro atoms. The van der Waals surface area contributed by atoms with Crippen molar-refractivity contribution < 1.29 is 80.2 Å². The van der Waals surface area contributed by atoms with Crippen LogP contribution in [0.4, 0.5) is 0 Å². The molecule has 552 valence electrons. The SMILES string of the molecule is CCCCCCCCCCCCCCCCCCCCCC(=O)O[C@H](COC(=O)CCCCCCCCCCCCC(C)CC)COP(=O)(O)OC[C@@H](O)COP(=O)(O)OC[C@@H](COC(=O)CCCCCCCCCCCC)OC(=O)CCCCCCCCC(C)CC. The van der Waals surface area contributed by atoms with Crippen LogP contribution in [0.5, 0.6) is 0 Å². The van der Waals surface area contributed by atoms with Gasteiger partial charge in [-0.3, -0.25) is 37.3 Å². The van der Waals surface area contributed by atoms with E-state index in [1.807, 2.05) is 0 Å². The van der Waals surface area contributed by atoms with E-state index in [0.29, 0.717) is 25.7 Å². The number of aliphatic hydroxyl groups excluding tert-OH is 1. The lowest BCUT2D eigenvalue weighted by Gasteiger charge is -2.21. The fourth-order valence-corrected chi connectivity index (χ4v) is 12.8. The average Bonchev–Trinajstić information content (AvgIpc) is 2.79. The summed E-state index contributed by atoms with van der Waals surface area (Å²) in [6, 6.07) is 0. The van der Waals surface area contributed by atoms with E-state index in [0.717, 1.165) is 102 Å². The number of unbranched alkanes of at least 4 members (excludes halogenated alkanes) is 41. The van der Waals surface area contributed by atoms with Gasteiger partial charge in [0.2, 0.25) is 0 Å². The van der Waals surface area contributed by atoms with Gasteiger partial charge in [0.15, 0.2) is 12.2 Å². The molecule has 0 amide bonds. The second-order valence-electron chi connectivity index (χ2n) is 27.2. The maximum absolute atomic E-state index is 13.1. The summed E-state index contributed by atoms with van der Waals surface area (Å²) in [5.41, 5.74) is 0. The predicted molar refractivity (Wildman–Crippen MR) is 377 cm³/mol. The monoisotopic (exact) mass is 1370 g/mol. The van der Waals surface area contributed by atoms with E-state index in [-0.39, 0.29) is 25.7 Å². The first-order valence-corrected chi connectivity index (χ1v) is 41.6. The number of phosphoric ester groups is 2. The Bertz CT molecular complexity index is 1810. The van der Waals surface area contributed by atoms with Crippen LogP contribution in [0.1, 0.15) is 382 Å². The second-order valence-corrected chi connectivity index (χ2v) is 30.1. The van der Waals surface area contributed by atoms with E-state index >= 15 is 0 Å². The maximum atomic E-state index is 13.1. The average molecular weight is 1370 g/mol. The van der Waals surface area contributed by atoms with Crippen LogP contribution >= 0.6 is 15.6 Å². The molecule has 0 bridgehead atoms. The molecule has 7 atom stereocenters. The number of aliphatic hydroxyl groups is 1. The van der Waals surface area contributed by atoms with E-state index in [2.05, 4.69) is 41.5 Å². The quantitative estimate of drug-likeness (QED) is 0.0222. The summed E-state index contributed by atoms with van der Waals surface area (Å²) in [5, 5.41) is 10.6. The molecule has 17 nitrogen and oxygen atoms in total. The molecule has 0 heterocycles. The molecule has 0 fully saturated rings. The molecule has 0 radical (unpaired) electrons. The Morgan fingerprint density at radius 1 is 0.301 bits per heavy atom. The lowest BCUT2D eigenvalue weighted by Crippen LogP contribution is -2.30. The third-order valence-corrected chi connectivity index (χ3v) is 19.8. The van der Waals surface area contributed by atoms with Gasteiger partial charge in [-0.15, -0.1) is 0 Å². The van der Waals surface area contributed by atoms with Crippen LogP contribution < -0.4 is 0 Å². The highest BCUT2D eigenvalue weighted by molar-refractivity contribution is 7.47. The van der Waals surface area contributed by atoms with Gasteiger partial charge in [-0.1, -0.05) is 330 Å². The van der Waals surface area contributed by atoms with E-state index < -0.39 is 97.5 Å².